The van der Waals surface area contributed by atoms with Gasteiger partial charge in [0.1, 0.15) is 5.69 Å². The van der Waals surface area contributed by atoms with Crippen LogP contribution in [0.15, 0.2) is 54.9 Å². The molecule has 25 heavy (non-hydrogen) atoms. The van der Waals surface area contributed by atoms with Crippen LogP contribution in [0.25, 0.3) is 0 Å². The summed E-state index contributed by atoms with van der Waals surface area (Å²) in [5.74, 6) is 0.0767. The highest BCUT2D eigenvalue weighted by atomic mass is 35.5. The average Bonchev–Trinajstić information content (AvgIpc) is 2.60. The van der Waals surface area contributed by atoms with Gasteiger partial charge in [-0.25, -0.2) is 9.97 Å². The van der Waals surface area contributed by atoms with Crippen molar-refractivity contribution in [1.29, 1.82) is 0 Å². The zero-order valence-corrected chi connectivity index (χ0v) is 14.3. The van der Waals surface area contributed by atoms with Crippen LogP contribution >= 0.6 is 11.6 Å². The van der Waals surface area contributed by atoms with Gasteiger partial charge in [-0.2, -0.15) is 0 Å². The molecule has 0 saturated carbocycles. The van der Waals surface area contributed by atoms with Gasteiger partial charge in [-0.15, -0.1) is 0 Å². The first-order chi connectivity index (χ1) is 12.1. The smallest absolute Gasteiger partial charge is 0.274 e. The third kappa shape index (κ3) is 4.74. The first-order valence-corrected chi connectivity index (χ1v) is 8.03. The Bertz CT molecular complexity index is 886. The van der Waals surface area contributed by atoms with Crippen molar-refractivity contribution < 1.29 is 4.79 Å². The fourth-order valence-corrected chi connectivity index (χ4v) is 2.40. The lowest BCUT2D eigenvalue weighted by Gasteiger charge is -2.09. The van der Waals surface area contributed by atoms with Gasteiger partial charge in [-0.3, -0.25) is 9.78 Å². The van der Waals surface area contributed by atoms with Crippen LogP contribution in [0.1, 0.15) is 21.7 Å². The van der Waals surface area contributed by atoms with Crippen molar-refractivity contribution in [3.63, 3.8) is 0 Å². The van der Waals surface area contributed by atoms with E-state index in [0.717, 1.165) is 5.56 Å². The second-order valence-corrected chi connectivity index (χ2v) is 5.83. The highest BCUT2D eigenvalue weighted by Gasteiger charge is 2.11. The zero-order chi connectivity index (χ0) is 17.6. The summed E-state index contributed by atoms with van der Waals surface area (Å²) in [6, 6.07) is 12.4. The van der Waals surface area contributed by atoms with Crippen LogP contribution in [-0.2, 0) is 6.54 Å². The normalized spacial score (nSPS) is 10.3. The molecule has 0 aliphatic rings. The van der Waals surface area contributed by atoms with E-state index in [1.165, 1.54) is 0 Å². The first kappa shape index (κ1) is 16.9. The van der Waals surface area contributed by atoms with Gasteiger partial charge in [-0.1, -0.05) is 17.7 Å². The van der Waals surface area contributed by atoms with E-state index < -0.39 is 0 Å². The van der Waals surface area contributed by atoms with Crippen molar-refractivity contribution in [3.05, 3.63) is 76.8 Å². The summed E-state index contributed by atoms with van der Waals surface area (Å²) in [6.45, 7) is 2.36. The molecule has 2 aromatic heterocycles. The molecule has 3 aromatic rings. The van der Waals surface area contributed by atoms with Gasteiger partial charge >= 0.3 is 0 Å². The van der Waals surface area contributed by atoms with E-state index in [1.54, 1.807) is 42.7 Å². The SMILES string of the molecule is Cc1cc(C(=O)Nc2cccc(Cl)c2)nc(NCc2ccncc2)n1. The number of hydrogen-bond donors (Lipinski definition) is 2. The summed E-state index contributed by atoms with van der Waals surface area (Å²) in [5, 5.41) is 6.45. The lowest BCUT2D eigenvalue weighted by atomic mass is 10.2. The molecule has 126 valence electrons. The maximum absolute atomic E-state index is 12.4. The maximum atomic E-state index is 12.4. The summed E-state index contributed by atoms with van der Waals surface area (Å²) in [7, 11) is 0. The zero-order valence-electron chi connectivity index (χ0n) is 13.5. The van der Waals surface area contributed by atoms with E-state index >= 15 is 0 Å². The Labute approximate surface area is 150 Å². The van der Waals surface area contributed by atoms with Crippen LogP contribution in [0, 0.1) is 6.92 Å². The summed E-state index contributed by atoms with van der Waals surface area (Å²) in [6.07, 6.45) is 3.44. The Balaban J connectivity index is 1.73. The third-order valence-corrected chi connectivity index (χ3v) is 3.60. The number of anilines is 2. The second-order valence-electron chi connectivity index (χ2n) is 5.39. The number of pyridine rings is 1. The molecule has 2 N–H and O–H groups in total. The summed E-state index contributed by atoms with van der Waals surface area (Å²) in [4.78, 5) is 25.0. The maximum Gasteiger partial charge on any atom is 0.274 e. The molecule has 0 radical (unpaired) electrons. The van der Waals surface area contributed by atoms with Crippen LogP contribution in [0.2, 0.25) is 5.02 Å². The van der Waals surface area contributed by atoms with E-state index in [2.05, 4.69) is 25.6 Å². The number of benzene rings is 1. The molecule has 7 heteroatoms. The number of rotatable bonds is 5. The Morgan fingerprint density at radius 1 is 1.12 bits per heavy atom. The third-order valence-electron chi connectivity index (χ3n) is 3.37. The van der Waals surface area contributed by atoms with E-state index in [1.807, 2.05) is 19.1 Å². The Morgan fingerprint density at radius 3 is 2.68 bits per heavy atom. The van der Waals surface area contributed by atoms with Crippen molar-refractivity contribution in [2.24, 2.45) is 0 Å². The van der Waals surface area contributed by atoms with Crippen LogP contribution in [-0.4, -0.2) is 20.9 Å². The van der Waals surface area contributed by atoms with E-state index in [-0.39, 0.29) is 11.6 Å². The van der Waals surface area contributed by atoms with Gasteiger partial charge in [0, 0.05) is 35.3 Å². The minimum atomic E-state index is -0.320. The Hall–Kier alpha value is -2.99. The molecular weight excluding hydrogens is 338 g/mol. The molecule has 0 fully saturated rings. The topological polar surface area (TPSA) is 79.8 Å². The standard InChI is InChI=1S/C18H16ClN5O/c1-12-9-16(17(25)23-15-4-2-3-14(19)10-15)24-18(22-12)21-11-13-5-7-20-8-6-13/h2-10H,11H2,1H3,(H,23,25)(H,21,22,24). The summed E-state index contributed by atoms with van der Waals surface area (Å²) in [5.41, 5.74) is 2.64. The van der Waals surface area contributed by atoms with Crippen molar-refractivity contribution in [3.8, 4) is 0 Å². The molecular formula is C18H16ClN5O. The lowest BCUT2D eigenvalue weighted by molar-refractivity contribution is 0.102. The van der Waals surface area contributed by atoms with Crippen molar-refractivity contribution in [2.45, 2.75) is 13.5 Å². The number of halogens is 1. The Morgan fingerprint density at radius 2 is 1.92 bits per heavy atom. The molecule has 0 spiro atoms. The van der Waals surface area contributed by atoms with Crippen molar-refractivity contribution in [1.82, 2.24) is 15.0 Å². The van der Waals surface area contributed by atoms with Gasteiger partial charge in [-0.05, 0) is 48.9 Å². The molecule has 0 aliphatic heterocycles. The highest BCUT2D eigenvalue weighted by Crippen LogP contribution is 2.16. The highest BCUT2D eigenvalue weighted by molar-refractivity contribution is 6.30. The van der Waals surface area contributed by atoms with E-state index in [9.17, 15) is 4.79 Å². The number of nitrogens with one attached hydrogen (secondary N) is 2. The predicted molar refractivity (Wildman–Crippen MR) is 97.7 cm³/mol. The van der Waals surface area contributed by atoms with Gasteiger partial charge < -0.3 is 10.6 Å². The number of aromatic nitrogens is 3. The summed E-state index contributed by atoms with van der Waals surface area (Å²) < 4.78 is 0. The quantitative estimate of drug-likeness (QED) is 0.731. The molecule has 0 atom stereocenters. The van der Waals surface area contributed by atoms with Crippen LogP contribution in [0.5, 0.6) is 0 Å². The molecule has 0 saturated heterocycles. The first-order valence-electron chi connectivity index (χ1n) is 7.65. The van der Waals surface area contributed by atoms with Crippen molar-refractivity contribution in [2.75, 3.05) is 10.6 Å². The molecule has 2 heterocycles. The number of carbonyl (C=O) groups is 1. The van der Waals surface area contributed by atoms with Gasteiger partial charge in [0.25, 0.3) is 5.91 Å². The molecule has 0 aliphatic carbocycles. The predicted octanol–water partition coefficient (Wildman–Crippen LogP) is 3.70. The van der Waals surface area contributed by atoms with E-state index in [4.69, 9.17) is 11.6 Å². The van der Waals surface area contributed by atoms with Gasteiger partial charge in [0.05, 0.1) is 0 Å². The number of nitrogens with zero attached hydrogens (tertiary/aromatic N) is 3. The summed E-state index contributed by atoms with van der Waals surface area (Å²) >= 11 is 5.93. The number of amides is 1. The number of aryl methyl sites for hydroxylation is 1. The largest absolute Gasteiger partial charge is 0.350 e. The molecule has 6 nitrogen and oxygen atoms in total. The monoisotopic (exact) mass is 353 g/mol. The molecule has 0 unspecified atom stereocenters. The number of carbonyl (C=O) groups excluding carboxylic acids is 1. The second kappa shape index (κ2) is 7.72. The Kier molecular flexibility index (Phi) is 5.20. The fourth-order valence-electron chi connectivity index (χ4n) is 2.21. The fraction of sp³-hybridized carbons (Fsp3) is 0.111. The minimum absolute atomic E-state index is 0.282. The van der Waals surface area contributed by atoms with Crippen LogP contribution in [0.3, 0.4) is 0 Å². The molecule has 1 amide bonds. The molecule has 3 rings (SSSR count). The van der Waals surface area contributed by atoms with Gasteiger partial charge in [0.2, 0.25) is 5.95 Å². The van der Waals surface area contributed by atoms with E-state index in [0.29, 0.717) is 28.9 Å². The lowest BCUT2D eigenvalue weighted by Crippen LogP contribution is -2.16. The minimum Gasteiger partial charge on any atom is -0.350 e. The molecule has 1 aromatic carbocycles. The van der Waals surface area contributed by atoms with Gasteiger partial charge in [0.15, 0.2) is 0 Å². The van der Waals surface area contributed by atoms with Crippen LogP contribution < -0.4 is 10.6 Å². The molecule has 0 bridgehead atoms. The average molecular weight is 354 g/mol. The van der Waals surface area contributed by atoms with Crippen LogP contribution in [0.4, 0.5) is 11.6 Å². The van der Waals surface area contributed by atoms with Crippen molar-refractivity contribution >= 4 is 29.1 Å². The number of hydrogen-bond acceptors (Lipinski definition) is 5.